The Morgan fingerprint density at radius 3 is 2.34 bits per heavy atom. The number of rotatable bonds is 6. The van der Waals surface area contributed by atoms with E-state index in [0.29, 0.717) is 39.0 Å². The van der Waals surface area contributed by atoms with E-state index in [1.165, 1.54) is 9.71 Å². The van der Waals surface area contributed by atoms with E-state index in [9.17, 15) is 13.2 Å². The van der Waals surface area contributed by atoms with Gasteiger partial charge in [0.05, 0.1) is 5.69 Å². The van der Waals surface area contributed by atoms with Crippen molar-refractivity contribution in [3.05, 3.63) is 58.3 Å². The van der Waals surface area contributed by atoms with Crippen LogP contribution in [0.2, 0.25) is 0 Å². The van der Waals surface area contributed by atoms with Crippen LogP contribution in [-0.2, 0) is 28.3 Å². The molecule has 0 bridgehead atoms. The van der Waals surface area contributed by atoms with Crippen molar-refractivity contribution in [2.24, 2.45) is 7.05 Å². The second-order valence-corrected chi connectivity index (χ2v) is 9.13. The summed E-state index contributed by atoms with van der Waals surface area (Å²) in [5, 5.41) is 5.63. The van der Waals surface area contributed by atoms with Crippen molar-refractivity contribution in [1.29, 1.82) is 0 Å². The Morgan fingerprint density at radius 2 is 1.76 bits per heavy atom. The molecular weight excluding hydrogens is 388 g/mol. The number of hydrogen-bond donors (Lipinski definition) is 0. The van der Waals surface area contributed by atoms with Crippen molar-refractivity contribution in [3.63, 3.8) is 0 Å². The Balaban J connectivity index is 1.53. The number of amides is 1. The van der Waals surface area contributed by atoms with Crippen LogP contribution in [0.4, 0.5) is 0 Å². The standard InChI is InChI=1S/C21H28N4O3S/c1-17-20(18(2)23(3)22-17)9-10-21(26)24-12-14-25(15-13-24)29(27,28)16-11-19-7-5-4-6-8-19/h4-8,11,16H,9-10,12-15H2,1-3H3/b16-11+. The third kappa shape index (κ3) is 5.13. The highest BCUT2D eigenvalue weighted by Crippen LogP contribution is 2.16. The van der Waals surface area contributed by atoms with E-state index in [-0.39, 0.29) is 5.91 Å². The number of aromatic nitrogens is 2. The summed E-state index contributed by atoms with van der Waals surface area (Å²) in [5.41, 5.74) is 3.99. The largest absolute Gasteiger partial charge is 0.340 e. The van der Waals surface area contributed by atoms with Crippen LogP contribution in [0.25, 0.3) is 6.08 Å². The highest BCUT2D eigenvalue weighted by Gasteiger charge is 2.27. The average molecular weight is 417 g/mol. The summed E-state index contributed by atoms with van der Waals surface area (Å²) in [6.45, 7) is 5.44. The molecule has 0 spiro atoms. The smallest absolute Gasteiger partial charge is 0.236 e. The van der Waals surface area contributed by atoms with Crippen LogP contribution in [0.3, 0.4) is 0 Å². The maximum absolute atomic E-state index is 12.6. The van der Waals surface area contributed by atoms with Crippen LogP contribution in [-0.4, -0.2) is 59.5 Å². The second kappa shape index (κ2) is 8.92. The van der Waals surface area contributed by atoms with Crippen molar-refractivity contribution in [3.8, 4) is 0 Å². The number of benzene rings is 1. The van der Waals surface area contributed by atoms with E-state index in [1.54, 1.807) is 11.0 Å². The van der Waals surface area contributed by atoms with Crippen molar-refractivity contribution in [2.45, 2.75) is 26.7 Å². The highest BCUT2D eigenvalue weighted by atomic mass is 32.2. The number of aryl methyl sites for hydroxylation is 2. The van der Waals surface area contributed by atoms with E-state index < -0.39 is 10.0 Å². The molecule has 7 nitrogen and oxygen atoms in total. The monoisotopic (exact) mass is 416 g/mol. The zero-order valence-electron chi connectivity index (χ0n) is 17.2. The Hall–Kier alpha value is -2.45. The molecule has 0 radical (unpaired) electrons. The number of hydrogen-bond acceptors (Lipinski definition) is 4. The van der Waals surface area contributed by atoms with Crippen molar-refractivity contribution in [1.82, 2.24) is 19.0 Å². The normalized spacial score (nSPS) is 15.9. The molecule has 1 aliphatic heterocycles. The van der Waals surface area contributed by atoms with Gasteiger partial charge in [0, 0.05) is 50.7 Å². The molecule has 1 aromatic carbocycles. The van der Waals surface area contributed by atoms with E-state index in [0.717, 1.165) is 22.5 Å². The summed E-state index contributed by atoms with van der Waals surface area (Å²) in [5.74, 6) is 0.0597. The van der Waals surface area contributed by atoms with Crippen LogP contribution in [0, 0.1) is 13.8 Å². The van der Waals surface area contributed by atoms with Gasteiger partial charge in [0.15, 0.2) is 0 Å². The summed E-state index contributed by atoms with van der Waals surface area (Å²) >= 11 is 0. The van der Waals surface area contributed by atoms with E-state index >= 15 is 0 Å². The average Bonchev–Trinajstić information content (AvgIpc) is 2.97. The van der Waals surface area contributed by atoms with Gasteiger partial charge in [-0.25, -0.2) is 8.42 Å². The third-order valence-electron chi connectivity index (χ3n) is 5.43. The molecule has 1 saturated heterocycles. The molecule has 2 heterocycles. The van der Waals surface area contributed by atoms with Gasteiger partial charge in [-0.2, -0.15) is 9.40 Å². The molecule has 0 atom stereocenters. The molecular formula is C21H28N4O3S. The van der Waals surface area contributed by atoms with Gasteiger partial charge in [-0.15, -0.1) is 0 Å². The van der Waals surface area contributed by atoms with Gasteiger partial charge >= 0.3 is 0 Å². The maximum atomic E-state index is 12.6. The second-order valence-electron chi connectivity index (χ2n) is 7.31. The molecule has 1 aliphatic rings. The molecule has 1 fully saturated rings. The SMILES string of the molecule is Cc1nn(C)c(C)c1CCC(=O)N1CCN(S(=O)(=O)/C=C/c2ccccc2)CC1. The number of sulfonamides is 1. The van der Waals surface area contributed by atoms with Crippen molar-refractivity contribution < 1.29 is 13.2 Å². The molecule has 156 valence electrons. The lowest BCUT2D eigenvalue weighted by molar-refractivity contribution is -0.132. The molecule has 29 heavy (non-hydrogen) atoms. The number of piperazine rings is 1. The topological polar surface area (TPSA) is 75.5 Å². The van der Waals surface area contributed by atoms with E-state index in [2.05, 4.69) is 5.10 Å². The van der Waals surface area contributed by atoms with Crippen molar-refractivity contribution in [2.75, 3.05) is 26.2 Å². The van der Waals surface area contributed by atoms with Gasteiger partial charge in [0.2, 0.25) is 15.9 Å². The van der Waals surface area contributed by atoms with Crippen LogP contribution in [0.5, 0.6) is 0 Å². The number of carbonyl (C=O) groups is 1. The fourth-order valence-corrected chi connectivity index (χ4v) is 4.75. The van der Waals surface area contributed by atoms with Gasteiger partial charge < -0.3 is 4.90 Å². The van der Waals surface area contributed by atoms with E-state index in [1.807, 2.05) is 55.9 Å². The maximum Gasteiger partial charge on any atom is 0.236 e. The molecule has 8 heteroatoms. The first-order valence-corrected chi connectivity index (χ1v) is 11.3. The highest BCUT2D eigenvalue weighted by molar-refractivity contribution is 7.92. The number of carbonyl (C=O) groups excluding carboxylic acids is 1. The first kappa shape index (κ1) is 21.3. The quantitative estimate of drug-likeness (QED) is 0.723. The molecule has 1 aromatic heterocycles. The van der Waals surface area contributed by atoms with Gasteiger partial charge in [0.25, 0.3) is 0 Å². The molecule has 0 saturated carbocycles. The van der Waals surface area contributed by atoms with Gasteiger partial charge in [-0.05, 0) is 37.5 Å². The third-order valence-corrected chi connectivity index (χ3v) is 7.00. The Morgan fingerprint density at radius 1 is 1.10 bits per heavy atom. The summed E-state index contributed by atoms with van der Waals surface area (Å²) < 4.78 is 28.4. The van der Waals surface area contributed by atoms with Crippen LogP contribution >= 0.6 is 0 Å². The van der Waals surface area contributed by atoms with Crippen LogP contribution in [0.1, 0.15) is 28.9 Å². The lowest BCUT2D eigenvalue weighted by atomic mass is 10.1. The fraction of sp³-hybridized carbons (Fsp3) is 0.429. The molecule has 0 N–H and O–H groups in total. The Bertz CT molecular complexity index is 988. The van der Waals surface area contributed by atoms with Crippen LogP contribution < -0.4 is 0 Å². The predicted octanol–water partition coefficient (Wildman–Crippen LogP) is 2.11. The summed E-state index contributed by atoms with van der Waals surface area (Å²) in [6.07, 6.45) is 2.67. The minimum absolute atomic E-state index is 0.0597. The van der Waals surface area contributed by atoms with Gasteiger partial charge in [-0.1, -0.05) is 30.3 Å². The van der Waals surface area contributed by atoms with Crippen molar-refractivity contribution >= 4 is 22.0 Å². The minimum Gasteiger partial charge on any atom is -0.340 e. The molecule has 3 rings (SSSR count). The zero-order chi connectivity index (χ0) is 21.0. The summed E-state index contributed by atoms with van der Waals surface area (Å²) in [6, 6.07) is 9.33. The van der Waals surface area contributed by atoms with Gasteiger partial charge in [0.1, 0.15) is 0 Å². The summed E-state index contributed by atoms with van der Waals surface area (Å²) in [7, 11) is -1.59. The Kier molecular flexibility index (Phi) is 6.54. The lowest BCUT2D eigenvalue weighted by Gasteiger charge is -2.33. The number of nitrogens with zero attached hydrogens (tertiary/aromatic N) is 4. The predicted molar refractivity (Wildman–Crippen MR) is 114 cm³/mol. The van der Waals surface area contributed by atoms with E-state index in [4.69, 9.17) is 0 Å². The Labute approximate surface area is 172 Å². The summed E-state index contributed by atoms with van der Waals surface area (Å²) in [4.78, 5) is 14.3. The molecule has 0 unspecified atom stereocenters. The minimum atomic E-state index is -3.49. The first-order chi connectivity index (χ1) is 13.8. The zero-order valence-corrected chi connectivity index (χ0v) is 18.0. The first-order valence-electron chi connectivity index (χ1n) is 9.78. The molecule has 0 aliphatic carbocycles. The van der Waals surface area contributed by atoms with Crippen LogP contribution in [0.15, 0.2) is 35.7 Å². The molecule has 2 aromatic rings. The lowest BCUT2D eigenvalue weighted by Crippen LogP contribution is -2.50. The van der Waals surface area contributed by atoms with Gasteiger partial charge in [-0.3, -0.25) is 9.48 Å². The molecule has 1 amide bonds. The fourth-order valence-electron chi connectivity index (χ4n) is 3.58.